The van der Waals surface area contributed by atoms with E-state index in [-0.39, 0.29) is 18.2 Å². The number of hydrogen-bond donors (Lipinski definition) is 1. The molecule has 174 valence electrons. The SMILES string of the molecule is Cn1cc(C2=CN(CS(=O)(=O)NCc3nccn3C)C3=CC=C4C=CC=CC4C(=O)C3=C2)cn1. The van der Waals surface area contributed by atoms with E-state index in [0.717, 1.165) is 11.1 Å². The maximum atomic E-state index is 13.5. The Balaban J connectivity index is 1.50. The van der Waals surface area contributed by atoms with E-state index < -0.39 is 15.9 Å². The predicted octanol–water partition coefficient (Wildman–Crippen LogP) is 1.95. The molecule has 3 heterocycles. The van der Waals surface area contributed by atoms with E-state index in [9.17, 15) is 13.2 Å². The Bertz CT molecular complexity index is 1450. The number of ketones is 1. The number of aryl methyl sites for hydroxylation is 2. The zero-order valence-corrected chi connectivity index (χ0v) is 19.6. The minimum absolute atomic E-state index is 0.0707. The van der Waals surface area contributed by atoms with Crippen LogP contribution < -0.4 is 4.72 Å². The zero-order valence-electron chi connectivity index (χ0n) is 18.8. The van der Waals surface area contributed by atoms with Gasteiger partial charge >= 0.3 is 0 Å². The highest BCUT2D eigenvalue weighted by Gasteiger charge is 2.33. The zero-order chi connectivity index (χ0) is 23.9. The number of carbonyl (C=O) groups excluding carboxylic acids is 1. The molecular formula is C24H24N6O3S. The molecule has 9 nitrogen and oxygen atoms in total. The Morgan fingerprint density at radius 3 is 2.76 bits per heavy atom. The molecule has 1 atom stereocenters. The van der Waals surface area contributed by atoms with Crippen LogP contribution in [0.25, 0.3) is 5.57 Å². The van der Waals surface area contributed by atoms with Gasteiger partial charge in [0.25, 0.3) is 0 Å². The molecule has 1 unspecified atom stereocenters. The number of nitrogens with zero attached hydrogens (tertiary/aromatic N) is 5. The fourth-order valence-electron chi connectivity index (χ4n) is 4.14. The number of Topliss-reactive ketones (excluding diaryl/α,β-unsaturated/α-hetero) is 1. The van der Waals surface area contributed by atoms with E-state index in [4.69, 9.17) is 0 Å². The number of allylic oxidation sites excluding steroid dienone is 10. The van der Waals surface area contributed by atoms with Gasteiger partial charge in [0.2, 0.25) is 10.0 Å². The van der Waals surface area contributed by atoms with Crippen LogP contribution in [0.2, 0.25) is 0 Å². The van der Waals surface area contributed by atoms with Gasteiger partial charge in [0.05, 0.1) is 24.4 Å². The second kappa shape index (κ2) is 8.54. The van der Waals surface area contributed by atoms with Crippen molar-refractivity contribution in [2.75, 3.05) is 5.88 Å². The van der Waals surface area contributed by atoms with Crippen molar-refractivity contribution in [3.05, 3.63) is 102 Å². The third-order valence-corrected chi connectivity index (χ3v) is 7.14. The topological polar surface area (TPSA) is 102 Å². The van der Waals surface area contributed by atoms with Crippen molar-refractivity contribution in [1.82, 2.24) is 29.0 Å². The van der Waals surface area contributed by atoms with Gasteiger partial charge in [-0.1, -0.05) is 30.4 Å². The van der Waals surface area contributed by atoms with Crippen LogP contribution >= 0.6 is 0 Å². The smallest absolute Gasteiger partial charge is 0.230 e. The molecule has 0 aromatic carbocycles. The lowest BCUT2D eigenvalue weighted by atomic mass is 9.86. The summed E-state index contributed by atoms with van der Waals surface area (Å²) in [6.45, 7) is 0.0707. The van der Waals surface area contributed by atoms with Crippen LogP contribution in [-0.4, -0.2) is 44.3 Å². The molecule has 10 heteroatoms. The molecule has 2 aromatic heterocycles. The Labute approximate surface area is 197 Å². The summed E-state index contributed by atoms with van der Waals surface area (Å²) in [5, 5.41) is 4.22. The highest BCUT2D eigenvalue weighted by Crippen LogP contribution is 2.36. The number of aromatic nitrogens is 4. The molecule has 0 amide bonds. The van der Waals surface area contributed by atoms with Crippen LogP contribution in [0.4, 0.5) is 0 Å². The number of fused-ring (bicyclic) bond motifs is 2. The highest BCUT2D eigenvalue weighted by molar-refractivity contribution is 7.89. The Morgan fingerprint density at radius 2 is 2.03 bits per heavy atom. The number of rotatable bonds is 6. The molecule has 1 N–H and O–H groups in total. The molecule has 0 radical (unpaired) electrons. The second-order valence-electron chi connectivity index (χ2n) is 8.34. The van der Waals surface area contributed by atoms with Crippen LogP contribution in [0.3, 0.4) is 0 Å². The number of nitrogens with one attached hydrogen (secondary N) is 1. The van der Waals surface area contributed by atoms with E-state index in [1.807, 2.05) is 48.7 Å². The van der Waals surface area contributed by atoms with Gasteiger partial charge in [-0.25, -0.2) is 18.1 Å². The number of hydrogen-bond acceptors (Lipinski definition) is 6. The molecule has 0 spiro atoms. The fourth-order valence-corrected chi connectivity index (χ4v) is 5.16. The Hall–Kier alpha value is -3.76. The van der Waals surface area contributed by atoms with E-state index in [2.05, 4.69) is 14.8 Å². The summed E-state index contributed by atoms with van der Waals surface area (Å²) in [6.07, 6.45) is 21.7. The maximum Gasteiger partial charge on any atom is 0.230 e. The summed E-state index contributed by atoms with van der Waals surface area (Å²) in [4.78, 5) is 19.3. The van der Waals surface area contributed by atoms with Crippen molar-refractivity contribution in [1.29, 1.82) is 0 Å². The van der Waals surface area contributed by atoms with Crippen molar-refractivity contribution < 1.29 is 13.2 Å². The minimum Gasteiger partial charge on any atom is -0.337 e. The van der Waals surface area contributed by atoms with Gasteiger partial charge in [0, 0.05) is 55.6 Å². The normalized spacial score (nSPS) is 19.6. The van der Waals surface area contributed by atoms with Gasteiger partial charge in [-0.15, -0.1) is 0 Å². The molecule has 2 aliphatic carbocycles. The molecule has 0 bridgehead atoms. The molecule has 1 aliphatic heterocycles. The lowest BCUT2D eigenvalue weighted by Crippen LogP contribution is -2.36. The molecule has 5 rings (SSSR count). The molecule has 3 aliphatic rings. The lowest BCUT2D eigenvalue weighted by molar-refractivity contribution is -0.116. The van der Waals surface area contributed by atoms with Crippen LogP contribution in [0, 0.1) is 5.92 Å². The molecule has 0 saturated heterocycles. The summed E-state index contributed by atoms with van der Waals surface area (Å²) < 4.78 is 32.1. The number of carbonyl (C=O) groups is 1. The number of imidazole rings is 1. The van der Waals surface area contributed by atoms with Crippen LogP contribution in [-0.2, 0) is 35.5 Å². The first-order chi connectivity index (χ1) is 16.3. The van der Waals surface area contributed by atoms with Gasteiger partial charge < -0.3 is 9.47 Å². The first kappa shape index (κ1) is 22.1. The van der Waals surface area contributed by atoms with Crippen molar-refractivity contribution in [3.63, 3.8) is 0 Å². The summed E-state index contributed by atoms with van der Waals surface area (Å²) in [5.74, 6) is -0.228. The van der Waals surface area contributed by atoms with Crippen molar-refractivity contribution in [2.45, 2.75) is 6.54 Å². The van der Waals surface area contributed by atoms with Gasteiger partial charge in [-0.3, -0.25) is 9.48 Å². The van der Waals surface area contributed by atoms with E-state index >= 15 is 0 Å². The molecular weight excluding hydrogens is 452 g/mol. The lowest BCUT2D eigenvalue weighted by Gasteiger charge is -2.29. The predicted molar refractivity (Wildman–Crippen MR) is 128 cm³/mol. The average molecular weight is 477 g/mol. The van der Waals surface area contributed by atoms with E-state index in [1.54, 1.807) is 53.0 Å². The maximum absolute atomic E-state index is 13.5. The van der Waals surface area contributed by atoms with E-state index in [0.29, 0.717) is 22.7 Å². The quantitative estimate of drug-likeness (QED) is 0.684. The molecule has 0 fully saturated rings. The summed E-state index contributed by atoms with van der Waals surface area (Å²) in [5.41, 5.74) is 3.39. The largest absolute Gasteiger partial charge is 0.337 e. The molecule has 34 heavy (non-hydrogen) atoms. The standard InChI is InChI=1S/C24H24N6O3S/c1-28-10-9-25-23(28)13-27-34(32,33)16-30-15-18(19-12-26-29(2)14-19)11-21-22(30)8-7-17-5-3-4-6-20(17)24(21)31/h3-12,14-15,20,27H,13,16H2,1-2H3. The number of sulfonamides is 1. The van der Waals surface area contributed by atoms with E-state index in [1.165, 1.54) is 0 Å². The van der Waals surface area contributed by atoms with Crippen LogP contribution in [0.1, 0.15) is 11.4 Å². The summed E-state index contributed by atoms with van der Waals surface area (Å²) in [7, 11) is -0.140. The third kappa shape index (κ3) is 4.25. The highest BCUT2D eigenvalue weighted by atomic mass is 32.2. The first-order valence-electron chi connectivity index (χ1n) is 10.7. The average Bonchev–Trinajstić information content (AvgIpc) is 3.40. The molecule has 2 aromatic rings. The van der Waals surface area contributed by atoms with Crippen molar-refractivity contribution in [2.24, 2.45) is 20.0 Å². The van der Waals surface area contributed by atoms with Gasteiger partial charge in [-0.05, 0) is 17.7 Å². The Morgan fingerprint density at radius 1 is 1.18 bits per heavy atom. The minimum atomic E-state index is -3.75. The second-order valence-corrected chi connectivity index (χ2v) is 10.1. The van der Waals surface area contributed by atoms with Crippen molar-refractivity contribution in [3.8, 4) is 0 Å². The third-order valence-electron chi connectivity index (χ3n) is 5.94. The summed E-state index contributed by atoms with van der Waals surface area (Å²) >= 11 is 0. The summed E-state index contributed by atoms with van der Waals surface area (Å²) in [6, 6.07) is 0. The van der Waals surface area contributed by atoms with Gasteiger partial charge in [0.15, 0.2) is 5.78 Å². The monoisotopic (exact) mass is 476 g/mol. The van der Waals surface area contributed by atoms with Crippen LogP contribution in [0.5, 0.6) is 0 Å². The Kier molecular flexibility index (Phi) is 5.54. The van der Waals surface area contributed by atoms with Crippen LogP contribution in [0.15, 0.2) is 90.4 Å². The van der Waals surface area contributed by atoms with Crippen molar-refractivity contribution >= 4 is 21.4 Å². The van der Waals surface area contributed by atoms with Gasteiger partial charge in [0.1, 0.15) is 11.7 Å². The fraction of sp³-hybridized carbons (Fsp3) is 0.208. The first-order valence-corrected chi connectivity index (χ1v) is 12.4. The molecule has 0 saturated carbocycles. The van der Waals surface area contributed by atoms with Gasteiger partial charge in [-0.2, -0.15) is 5.10 Å².